The summed E-state index contributed by atoms with van der Waals surface area (Å²) in [6.45, 7) is 10.4. The molecule has 1 saturated heterocycles. The van der Waals surface area contributed by atoms with Crippen LogP contribution in [-0.4, -0.2) is 51.9 Å². The van der Waals surface area contributed by atoms with Crippen LogP contribution in [-0.2, 0) is 13.0 Å². The van der Waals surface area contributed by atoms with Gasteiger partial charge in [0.05, 0.1) is 16.4 Å². The second-order valence-corrected chi connectivity index (χ2v) is 9.83. The molecule has 1 aromatic carbocycles. The molecule has 30 heavy (non-hydrogen) atoms. The lowest BCUT2D eigenvalue weighted by molar-refractivity contribution is 0.0765. The highest BCUT2D eigenvalue weighted by Crippen LogP contribution is 2.29. The molecule has 1 aliphatic heterocycles. The molecular formula is C23H28N4OS2. The van der Waals surface area contributed by atoms with Crippen LogP contribution >= 0.6 is 22.7 Å². The van der Waals surface area contributed by atoms with Crippen LogP contribution in [0.3, 0.4) is 0 Å². The molecule has 1 aliphatic rings. The zero-order chi connectivity index (χ0) is 21.1. The van der Waals surface area contributed by atoms with Gasteiger partial charge in [0.2, 0.25) is 0 Å². The quantitative estimate of drug-likeness (QED) is 0.572. The summed E-state index contributed by atoms with van der Waals surface area (Å²) in [4.78, 5) is 27.7. The highest BCUT2D eigenvalue weighted by Gasteiger charge is 2.24. The van der Waals surface area contributed by atoms with Crippen molar-refractivity contribution in [1.29, 1.82) is 0 Å². The molecule has 0 aliphatic carbocycles. The van der Waals surface area contributed by atoms with Gasteiger partial charge < -0.3 is 4.90 Å². The number of benzene rings is 1. The molecule has 0 radical (unpaired) electrons. The first-order valence-electron chi connectivity index (χ1n) is 10.5. The van der Waals surface area contributed by atoms with E-state index in [2.05, 4.69) is 46.5 Å². The van der Waals surface area contributed by atoms with Gasteiger partial charge in [0.25, 0.3) is 5.91 Å². The van der Waals surface area contributed by atoms with E-state index in [4.69, 9.17) is 4.98 Å². The van der Waals surface area contributed by atoms with Crippen LogP contribution in [0.5, 0.6) is 0 Å². The molecule has 158 valence electrons. The van der Waals surface area contributed by atoms with Gasteiger partial charge in [-0.1, -0.05) is 31.2 Å². The number of aryl methyl sites for hydroxylation is 3. The Morgan fingerprint density at radius 3 is 2.57 bits per heavy atom. The van der Waals surface area contributed by atoms with E-state index >= 15 is 0 Å². The largest absolute Gasteiger partial charge is 0.337 e. The summed E-state index contributed by atoms with van der Waals surface area (Å²) >= 11 is 3.21. The number of carbonyl (C=O) groups excluding carboxylic acids is 1. The zero-order valence-electron chi connectivity index (χ0n) is 17.9. The van der Waals surface area contributed by atoms with E-state index in [1.807, 2.05) is 18.7 Å². The highest BCUT2D eigenvalue weighted by atomic mass is 32.1. The average Bonchev–Trinajstić information content (AvgIpc) is 3.26. The van der Waals surface area contributed by atoms with Crippen LogP contribution in [0.4, 0.5) is 0 Å². The lowest BCUT2D eigenvalue weighted by Gasteiger charge is -2.21. The topological polar surface area (TPSA) is 49.3 Å². The fourth-order valence-electron chi connectivity index (χ4n) is 3.79. The first-order chi connectivity index (χ1) is 14.5. The van der Waals surface area contributed by atoms with Gasteiger partial charge in [-0.05, 0) is 32.3 Å². The van der Waals surface area contributed by atoms with Gasteiger partial charge in [0, 0.05) is 43.7 Å². The number of thiazole rings is 2. The monoisotopic (exact) mass is 440 g/mol. The van der Waals surface area contributed by atoms with E-state index in [-0.39, 0.29) is 5.91 Å². The Morgan fingerprint density at radius 2 is 1.87 bits per heavy atom. The third-order valence-electron chi connectivity index (χ3n) is 5.53. The van der Waals surface area contributed by atoms with Crippen LogP contribution in [0.2, 0.25) is 0 Å². The summed E-state index contributed by atoms with van der Waals surface area (Å²) < 4.78 is 0. The van der Waals surface area contributed by atoms with Crippen molar-refractivity contribution in [3.05, 3.63) is 56.5 Å². The third kappa shape index (κ3) is 4.79. The van der Waals surface area contributed by atoms with Crippen molar-refractivity contribution < 1.29 is 4.79 Å². The fourth-order valence-corrected chi connectivity index (χ4v) is 5.43. The molecular weight excluding hydrogens is 412 g/mol. The number of carbonyl (C=O) groups is 1. The van der Waals surface area contributed by atoms with Gasteiger partial charge in [0.15, 0.2) is 0 Å². The van der Waals surface area contributed by atoms with Crippen LogP contribution < -0.4 is 0 Å². The van der Waals surface area contributed by atoms with E-state index in [0.29, 0.717) is 0 Å². The summed E-state index contributed by atoms with van der Waals surface area (Å²) in [6, 6.07) is 8.49. The van der Waals surface area contributed by atoms with Crippen molar-refractivity contribution >= 4 is 28.6 Å². The minimum absolute atomic E-state index is 0.118. The van der Waals surface area contributed by atoms with Crippen molar-refractivity contribution in [2.45, 2.75) is 40.2 Å². The third-order valence-corrected chi connectivity index (χ3v) is 7.54. The molecule has 3 heterocycles. The van der Waals surface area contributed by atoms with Crippen molar-refractivity contribution in [3.8, 4) is 10.6 Å². The molecule has 0 N–H and O–H groups in total. The standard InChI is InChI=1S/C23H28N4OS2/c1-4-18-6-8-19(9-7-18)22-24-16(2)21(30-22)23(28)27-11-5-10-26(12-13-27)14-20-15-29-17(3)25-20/h6-9,15H,4-5,10-14H2,1-3H3. The SMILES string of the molecule is CCc1ccc(-c2nc(C)c(C(=O)N3CCCN(Cc4csc(C)n4)CC3)s2)cc1. The molecule has 4 rings (SSSR count). The summed E-state index contributed by atoms with van der Waals surface area (Å²) in [7, 11) is 0. The normalized spacial score (nSPS) is 15.4. The van der Waals surface area contributed by atoms with Gasteiger partial charge in [-0.25, -0.2) is 9.97 Å². The molecule has 0 bridgehead atoms. The molecule has 0 spiro atoms. The summed E-state index contributed by atoms with van der Waals surface area (Å²) in [5.41, 5.74) is 4.36. The molecule has 3 aromatic rings. The molecule has 7 heteroatoms. The fraction of sp³-hybridized carbons (Fsp3) is 0.435. The highest BCUT2D eigenvalue weighted by molar-refractivity contribution is 7.17. The first-order valence-corrected chi connectivity index (χ1v) is 12.2. The number of hydrogen-bond donors (Lipinski definition) is 0. The molecule has 1 amide bonds. The second kappa shape index (κ2) is 9.37. The van der Waals surface area contributed by atoms with Gasteiger partial charge in [-0.3, -0.25) is 9.69 Å². The maximum absolute atomic E-state index is 13.3. The number of hydrogen-bond acceptors (Lipinski definition) is 6. The van der Waals surface area contributed by atoms with Crippen molar-refractivity contribution in [1.82, 2.24) is 19.8 Å². The lowest BCUT2D eigenvalue weighted by Crippen LogP contribution is -2.35. The number of amides is 1. The Labute approximate surface area is 186 Å². The lowest BCUT2D eigenvalue weighted by atomic mass is 10.1. The van der Waals surface area contributed by atoms with Crippen molar-refractivity contribution in [2.24, 2.45) is 0 Å². The van der Waals surface area contributed by atoms with E-state index < -0.39 is 0 Å². The Bertz CT molecular complexity index is 1010. The Kier molecular flexibility index (Phi) is 6.61. The summed E-state index contributed by atoms with van der Waals surface area (Å²) in [6.07, 6.45) is 2.01. The molecule has 5 nitrogen and oxygen atoms in total. The molecule has 0 unspecified atom stereocenters. The zero-order valence-corrected chi connectivity index (χ0v) is 19.5. The van der Waals surface area contributed by atoms with E-state index in [0.717, 1.165) is 77.4 Å². The Hall–Kier alpha value is -2.09. The molecule has 0 saturated carbocycles. The minimum Gasteiger partial charge on any atom is -0.337 e. The van der Waals surface area contributed by atoms with E-state index in [9.17, 15) is 4.79 Å². The minimum atomic E-state index is 0.118. The van der Waals surface area contributed by atoms with Gasteiger partial charge in [-0.15, -0.1) is 22.7 Å². The van der Waals surface area contributed by atoms with Gasteiger partial charge in [0.1, 0.15) is 9.88 Å². The number of rotatable bonds is 5. The Morgan fingerprint density at radius 1 is 1.07 bits per heavy atom. The maximum Gasteiger partial charge on any atom is 0.265 e. The maximum atomic E-state index is 13.3. The average molecular weight is 441 g/mol. The van der Waals surface area contributed by atoms with Gasteiger partial charge >= 0.3 is 0 Å². The van der Waals surface area contributed by atoms with Crippen molar-refractivity contribution in [3.63, 3.8) is 0 Å². The predicted molar refractivity (Wildman–Crippen MR) is 124 cm³/mol. The van der Waals surface area contributed by atoms with E-state index in [1.54, 1.807) is 11.3 Å². The second-order valence-electron chi connectivity index (χ2n) is 7.76. The van der Waals surface area contributed by atoms with Crippen LogP contribution in [0.25, 0.3) is 10.6 Å². The summed E-state index contributed by atoms with van der Waals surface area (Å²) in [5, 5.41) is 4.17. The van der Waals surface area contributed by atoms with Crippen LogP contribution in [0.1, 0.15) is 45.0 Å². The van der Waals surface area contributed by atoms with Crippen molar-refractivity contribution in [2.75, 3.05) is 26.2 Å². The van der Waals surface area contributed by atoms with Crippen LogP contribution in [0.15, 0.2) is 29.6 Å². The predicted octanol–water partition coefficient (Wildman–Crippen LogP) is 4.79. The molecule has 2 aromatic heterocycles. The van der Waals surface area contributed by atoms with Gasteiger partial charge in [-0.2, -0.15) is 0 Å². The number of aromatic nitrogens is 2. The molecule has 1 fully saturated rings. The van der Waals surface area contributed by atoms with E-state index in [1.165, 1.54) is 16.9 Å². The van der Waals surface area contributed by atoms with Crippen LogP contribution in [0, 0.1) is 13.8 Å². The molecule has 0 atom stereocenters. The first kappa shape index (κ1) is 21.2. The Balaban J connectivity index is 1.43. The smallest absolute Gasteiger partial charge is 0.265 e. The summed E-state index contributed by atoms with van der Waals surface area (Å²) in [5.74, 6) is 0.118. The number of nitrogens with zero attached hydrogens (tertiary/aromatic N) is 4.